The molecule has 0 bridgehead atoms. The number of nitrogens with one attached hydrogen (secondary N) is 1. The molecular weight excluding hydrogens is 667 g/mol. The Morgan fingerprint density at radius 2 is 1.64 bits per heavy atom. The fourth-order valence-corrected chi connectivity index (χ4v) is 5.56. The van der Waals surface area contributed by atoms with Gasteiger partial charge in [-0.2, -0.15) is 0 Å². The lowest BCUT2D eigenvalue weighted by molar-refractivity contribution is -0.129. The molecule has 0 fully saturated rings. The Labute approximate surface area is 260 Å². The first-order valence-electron chi connectivity index (χ1n) is 13.5. The fourth-order valence-electron chi connectivity index (χ4n) is 4.80. The summed E-state index contributed by atoms with van der Waals surface area (Å²) in [4.78, 5) is 19.4. The second-order valence-electron chi connectivity index (χ2n) is 9.92. The quantitative estimate of drug-likeness (QED) is 0.167. The van der Waals surface area contributed by atoms with E-state index < -0.39 is 11.6 Å². The smallest absolute Gasteiger partial charge is 0.252 e. The zero-order valence-corrected chi connectivity index (χ0v) is 25.8. The molecule has 0 saturated heterocycles. The van der Waals surface area contributed by atoms with Crippen LogP contribution in [0.1, 0.15) is 34.8 Å². The van der Waals surface area contributed by atoms with Crippen molar-refractivity contribution in [2.45, 2.75) is 31.0 Å². The van der Waals surface area contributed by atoms with Gasteiger partial charge in [0.05, 0.1) is 6.61 Å². The molecule has 0 unspecified atom stereocenters. The first kappa shape index (κ1) is 29.9. The Bertz CT molecular complexity index is 1550. The minimum Gasteiger partial charge on any atom is -0.494 e. The second kappa shape index (κ2) is 13.6. The van der Waals surface area contributed by atoms with Crippen LogP contribution in [0, 0.1) is 5.82 Å². The number of amides is 1. The van der Waals surface area contributed by atoms with Gasteiger partial charge in [-0.05, 0) is 65.7 Å². The lowest BCUT2D eigenvalue weighted by Gasteiger charge is -2.31. The van der Waals surface area contributed by atoms with Gasteiger partial charge in [0.15, 0.2) is 11.6 Å². The molecule has 2 N–H and O–H groups in total. The van der Waals surface area contributed by atoms with Gasteiger partial charge in [-0.25, -0.2) is 9.38 Å². The molecule has 5 rings (SSSR count). The van der Waals surface area contributed by atoms with Crippen LogP contribution in [-0.2, 0) is 22.5 Å². The Balaban J connectivity index is 1.55. The van der Waals surface area contributed by atoms with Crippen molar-refractivity contribution >= 4 is 43.7 Å². The van der Waals surface area contributed by atoms with Crippen LogP contribution in [0.5, 0.6) is 5.75 Å². The summed E-state index contributed by atoms with van der Waals surface area (Å²) >= 11 is 7.15. The molecule has 1 aliphatic rings. The van der Waals surface area contributed by atoms with Crippen molar-refractivity contribution in [2.75, 3.05) is 13.2 Å². The number of aliphatic hydroxyl groups is 1. The van der Waals surface area contributed by atoms with E-state index in [0.29, 0.717) is 30.2 Å². The number of carbonyl (C=O) groups excluding carboxylic acids is 1. The van der Waals surface area contributed by atoms with E-state index in [1.54, 1.807) is 12.1 Å². The number of aliphatic imine (C=N–C) groups is 1. The largest absolute Gasteiger partial charge is 0.494 e. The van der Waals surface area contributed by atoms with Gasteiger partial charge in [-0.3, -0.25) is 4.79 Å². The molecular formula is C33H29Br2FN2O4. The number of halogens is 3. The predicted molar refractivity (Wildman–Crippen MR) is 167 cm³/mol. The van der Waals surface area contributed by atoms with Gasteiger partial charge in [0.2, 0.25) is 5.90 Å². The van der Waals surface area contributed by atoms with Crippen LogP contribution in [0.4, 0.5) is 4.39 Å². The van der Waals surface area contributed by atoms with Crippen LogP contribution < -0.4 is 10.1 Å². The average molecular weight is 696 g/mol. The number of aliphatic hydroxyl groups excluding tert-OH is 1. The summed E-state index contributed by atoms with van der Waals surface area (Å²) in [5, 5.41) is 12.1. The van der Waals surface area contributed by atoms with E-state index in [2.05, 4.69) is 37.2 Å². The highest BCUT2D eigenvalue weighted by Crippen LogP contribution is 2.44. The molecule has 1 amide bonds. The predicted octanol–water partition coefficient (Wildman–Crippen LogP) is 6.93. The van der Waals surface area contributed by atoms with Crippen molar-refractivity contribution in [2.24, 2.45) is 4.99 Å². The standard InChI is InChI=1S/C33H29Br2FN2O4/c34-25-12-6-22(7-13-25)20-33(32(40)37-21-23-8-14-26(36)15-9-23)30(28-4-1-2-5-29(28)35)42-31(38-33)24-10-16-27(17-11-24)41-19-3-18-39/h1-2,4-17,30,39H,3,18-21H2,(H,37,40)/t30-,33-/m1/s1. The number of benzene rings is 4. The summed E-state index contributed by atoms with van der Waals surface area (Å²) in [6.07, 6.45) is 0.0601. The minimum atomic E-state index is -1.36. The molecule has 0 radical (unpaired) electrons. The first-order chi connectivity index (χ1) is 20.4. The van der Waals surface area contributed by atoms with Gasteiger partial charge >= 0.3 is 0 Å². The highest BCUT2D eigenvalue weighted by Gasteiger charge is 2.53. The molecule has 6 nitrogen and oxygen atoms in total. The molecule has 1 heterocycles. The molecule has 0 aliphatic carbocycles. The Kier molecular flexibility index (Phi) is 9.72. The zero-order valence-electron chi connectivity index (χ0n) is 22.6. The van der Waals surface area contributed by atoms with Gasteiger partial charge in [-0.15, -0.1) is 0 Å². The number of rotatable bonds is 11. The monoisotopic (exact) mass is 694 g/mol. The molecule has 0 saturated carbocycles. The van der Waals surface area contributed by atoms with Gasteiger partial charge in [-0.1, -0.05) is 74.3 Å². The van der Waals surface area contributed by atoms with Crippen LogP contribution in [0.25, 0.3) is 0 Å². The molecule has 4 aromatic carbocycles. The van der Waals surface area contributed by atoms with Gasteiger partial charge in [0.25, 0.3) is 5.91 Å². The van der Waals surface area contributed by atoms with E-state index in [-0.39, 0.29) is 31.3 Å². The molecule has 0 spiro atoms. The molecule has 42 heavy (non-hydrogen) atoms. The summed E-state index contributed by atoms with van der Waals surface area (Å²) < 4.78 is 27.5. The highest BCUT2D eigenvalue weighted by atomic mass is 79.9. The number of hydrogen-bond acceptors (Lipinski definition) is 5. The Morgan fingerprint density at radius 3 is 2.33 bits per heavy atom. The summed E-state index contributed by atoms with van der Waals surface area (Å²) in [5.41, 5.74) is 1.80. The number of nitrogens with zero attached hydrogens (tertiary/aromatic N) is 1. The molecule has 216 valence electrons. The first-order valence-corrected chi connectivity index (χ1v) is 15.1. The fraction of sp³-hybridized carbons (Fsp3) is 0.212. The van der Waals surface area contributed by atoms with Crippen molar-refractivity contribution < 1.29 is 23.8 Å². The summed E-state index contributed by atoms with van der Waals surface area (Å²) in [7, 11) is 0. The van der Waals surface area contributed by atoms with Crippen molar-refractivity contribution in [3.8, 4) is 5.75 Å². The van der Waals surface area contributed by atoms with E-state index >= 15 is 0 Å². The maximum Gasteiger partial charge on any atom is 0.252 e. The normalized spacial score (nSPS) is 17.8. The van der Waals surface area contributed by atoms with Crippen LogP contribution >= 0.6 is 31.9 Å². The molecule has 0 aromatic heterocycles. The minimum absolute atomic E-state index is 0.0584. The summed E-state index contributed by atoms with van der Waals surface area (Å²) in [6, 6.07) is 28.8. The summed E-state index contributed by atoms with van der Waals surface area (Å²) in [6.45, 7) is 0.666. The molecule has 2 atom stereocenters. The van der Waals surface area contributed by atoms with E-state index in [0.717, 1.165) is 25.6 Å². The number of hydrogen-bond donors (Lipinski definition) is 2. The maximum atomic E-state index is 14.3. The van der Waals surface area contributed by atoms with Crippen molar-refractivity contribution in [1.82, 2.24) is 5.32 Å². The van der Waals surface area contributed by atoms with E-state index in [1.807, 2.05) is 72.8 Å². The van der Waals surface area contributed by atoms with Crippen molar-refractivity contribution in [3.63, 3.8) is 0 Å². The number of ether oxygens (including phenoxy) is 2. The van der Waals surface area contributed by atoms with Gasteiger partial charge < -0.3 is 19.9 Å². The van der Waals surface area contributed by atoms with Crippen LogP contribution in [0.15, 0.2) is 111 Å². The van der Waals surface area contributed by atoms with Crippen LogP contribution in [-0.4, -0.2) is 35.7 Å². The Hall–Kier alpha value is -3.53. The van der Waals surface area contributed by atoms with E-state index in [4.69, 9.17) is 19.6 Å². The van der Waals surface area contributed by atoms with Crippen molar-refractivity contribution in [3.05, 3.63) is 134 Å². The molecule has 1 aliphatic heterocycles. The van der Waals surface area contributed by atoms with Crippen molar-refractivity contribution in [1.29, 1.82) is 0 Å². The van der Waals surface area contributed by atoms with E-state index in [1.165, 1.54) is 12.1 Å². The zero-order chi connectivity index (χ0) is 29.5. The molecule has 4 aromatic rings. The third-order valence-corrected chi connectivity index (χ3v) is 8.22. The topological polar surface area (TPSA) is 80.2 Å². The van der Waals surface area contributed by atoms with Crippen LogP contribution in [0.2, 0.25) is 0 Å². The maximum absolute atomic E-state index is 14.3. The van der Waals surface area contributed by atoms with Gasteiger partial charge in [0, 0.05) is 46.1 Å². The lowest BCUT2D eigenvalue weighted by Crippen LogP contribution is -2.49. The Morgan fingerprint density at radius 1 is 0.952 bits per heavy atom. The third-order valence-electron chi connectivity index (χ3n) is 6.97. The third kappa shape index (κ3) is 6.91. The second-order valence-corrected chi connectivity index (χ2v) is 11.7. The summed E-state index contributed by atoms with van der Waals surface area (Å²) in [5.74, 6) is 0.349. The SMILES string of the molecule is O=C(NCc1ccc(F)cc1)[C@]1(Cc2ccc(Br)cc2)N=C(c2ccc(OCCCO)cc2)O[C@@H]1c1ccccc1Br. The van der Waals surface area contributed by atoms with Crippen LogP contribution in [0.3, 0.4) is 0 Å². The lowest BCUT2D eigenvalue weighted by atomic mass is 9.82. The van der Waals surface area contributed by atoms with Gasteiger partial charge in [0.1, 0.15) is 11.6 Å². The molecule has 9 heteroatoms. The number of carbonyl (C=O) groups is 1. The average Bonchev–Trinajstić information content (AvgIpc) is 3.38. The van der Waals surface area contributed by atoms with E-state index in [9.17, 15) is 9.18 Å². The highest BCUT2D eigenvalue weighted by molar-refractivity contribution is 9.10.